The molecule has 1 saturated heterocycles. The van der Waals surface area contributed by atoms with Gasteiger partial charge in [0, 0.05) is 12.6 Å². The van der Waals surface area contributed by atoms with Crippen molar-refractivity contribution in [3.8, 4) is 0 Å². The van der Waals surface area contributed by atoms with Crippen molar-refractivity contribution >= 4 is 17.0 Å². The first kappa shape index (κ1) is 15.1. The van der Waals surface area contributed by atoms with Gasteiger partial charge in [-0.15, -0.1) is 0 Å². The summed E-state index contributed by atoms with van der Waals surface area (Å²) in [6.07, 6.45) is 2.21. The molecule has 124 valence electrons. The van der Waals surface area contributed by atoms with Gasteiger partial charge in [-0.2, -0.15) is 0 Å². The van der Waals surface area contributed by atoms with E-state index in [4.69, 9.17) is 4.98 Å². The van der Waals surface area contributed by atoms with Crippen molar-refractivity contribution in [2.24, 2.45) is 0 Å². The molecule has 0 saturated carbocycles. The van der Waals surface area contributed by atoms with Crippen LogP contribution in [-0.2, 0) is 6.54 Å². The molecule has 4 rings (SSSR count). The number of aromatic nitrogens is 2. The monoisotopic (exact) mass is 324 g/mol. The van der Waals surface area contributed by atoms with E-state index in [1.54, 1.807) is 12.1 Å². The fraction of sp³-hybridized carbons (Fsp3) is 0.316. The van der Waals surface area contributed by atoms with Crippen LogP contribution in [0.4, 0.5) is 10.3 Å². The van der Waals surface area contributed by atoms with E-state index >= 15 is 0 Å². The van der Waals surface area contributed by atoms with Gasteiger partial charge < -0.3 is 15.2 Å². The van der Waals surface area contributed by atoms with Gasteiger partial charge >= 0.3 is 0 Å². The smallest absolute Gasteiger partial charge is 0.204 e. The normalized spacial score (nSPS) is 15.7. The summed E-state index contributed by atoms with van der Waals surface area (Å²) in [5.74, 6) is 0.688. The molecule has 24 heavy (non-hydrogen) atoms. The van der Waals surface area contributed by atoms with E-state index in [-0.39, 0.29) is 5.82 Å². The van der Waals surface area contributed by atoms with Crippen LogP contribution in [0.1, 0.15) is 24.4 Å². The minimum absolute atomic E-state index is 0.208. The van der Waals surface area contributed by atoms with E-state index in [1.165, 1.54) is 17.6 Å². The summed E-state index contributed by atoms with van der Waals surface area (Å²) in [6, 6.07) is 15.3. The summed E-state index contributed by atoms with van der Waals surface area (Å²) in [7, 11) is 0. The van der Waals surface area contributed by atoms with Gasteiger partial charge in [0.05, 0.1) is 11.0 Å². The van der Waals surface area contributed by atoms with Crippen LogP contribution in [0.3, 0.4) is 0 Å². The Morgan fingerprint density at radius 2 is 1.83 bits per heavy atom. The number of anilines is 1. The molecule has 0 bridgehead atoms. The Labute approximate surface area is 140 Å². The van der Waals surface area contributed by atoms with Gasteiger partial charge in [-0.3, -0.25) is 0 Å². The van der Waals surface area contributed by atoms with Gasteiger partial charge in [-0.05, 0) is 55.8 Å². The Hall–Kier alpha value is -2.40. The predicted molar refractivity (Wildman–Crippen MR) is 94.6 cm³/mol. The van der Waals surface area contributed by atoms with Gasteiger partial charge in [0.2, 0.25) is 5.95 Å². The van der Waals surface area contributed by atoms with Crippen LogP contribution in [0.25, 0.3) is 11.0 Å². The minimum atomic E-state index is -0.208. The summed E-state index contributed by atoms with van der Waals surface area (Å²) < 4.78 is 15.4. The van der Waals surface area contributed by atoms with Crippen LogP contribution in [0.5, 0.6) is 0 Å². The van der Waals surface area contributed by atoms with Crippen LogP contribution in [0, 0.1) is 5.82 Å². The second-order valence-corrected chi connectivity index (χ2v) is 6.26. The molecular formula is C19H21FN4. The van der Waals surface area contributed by atoms with Gasteiger partial charge in [0.15, 0.2) is 0 Å². The van der Waals surface area contributed by atoms with E-state index < -0.39 is 0 Å². The number of nitrogens with zero attached hydrogens (tertiary/aromatic N) is 2. The summed E-state index contributed by atoms with van der Waals surface area (Å²) in [5.41, 5.74) is 3.23. The highest BCUT2D eigenvalue weighted by Gasteiger charge is 2.21. The number of para-hydroxylation sites is 2. The second kappa shape index (κ2) is 6.61. The lowest BCUT2D eigenvalue weighted by atomic mass is 10.1. The third-order valence-electron chi connectivity index (χ3n) is 4.63. The zero-order valence-electron chi connectivity index (χ0n) is 13.5. The lowest BCUT2D eigenvalue weighted by Gasteiger charge is -2.26. The zero-order valence-corrected chi connectivity index (χ0v) is 13.5. The molecule has 1 aliphatic rings. The summed E-state index contributed by atoms with van der Waals surface area (Å²) in [5, 5.41) is 6.86. The van der Waals surface area contributed by atoms with Crippen molar-refractivity contribution in [1.29, 1.82) is 0 Å². The average molecular weight is 324 g/mol. The zero-order chi connectivity index (χ0) is 16.4. The van der Waals surface area contributed by atoms with Gasteiger partial charge in [-0.1, -0.05) is 24.3 Å². The molecule has 1 aliphatic heterocycles. The molecule has 0 aliphatic carbocycles. The van der Waals surface area contributed by atoms with Crippen LogP contribution in [0.2, 0.25) is 0 Å². The van der Waals surface area contributed by atoms with Crippen LogP contribution in [0.15, 0.2) is 48.5 Å². The van der Waals surface area contributed by atoms with Crippen molar-refractivity contribution in [2.75, 3.05) is 18.4 Å². The van der Waals surface area contributed by atoms with Crippen molar-refractivity contribution < 1.29 is 4.39 Å². The molecule has 0 radical (unpaired) electrons. The number of nitrogens with one attached hydrogen (secondary N) is 2. The predicted octanol–water partition coefficient (Wildman–Crippen LogP) is 3.71. The van der Waals surface area contributed by atoms with E-state index in [2.05, 4.69) is 33.4 Å². The van der Waals surface area contributed by atoms with Crippen LogP contribution >= 0.6 is 0 Å². The first-order valence-electron chi connectivity index (χ1n) is 8.47. The van der Waals surface area contributed by atoms with E-state index in [1.807, 2.05) is 6.07 Å². The summed E-state index contributed by atoms with van der Waals surface area (Å²) in [6.45, 7) is 2.71. The number of fused-ring (bicyclic) bond motifs is 1. The maximum atomic E-state index is 13.1. The van der Waals surface area contributed by atoms with Crippen molar-refractivity contribution in [3.63, 3.8) is 0 Å². The maximum absolute atomic E-state index is 13.1. The summed E-state index contributed by atoms with van der Waals surface area (Å²) >= 11 is 0. The number of imidazole rings is 1. The standard InChI is InChI=1S/C19H21FN4/c20-15-7-5-14(6-8-15)13-22-19-23-17-3-1-2-4-18(17)24(19)16-9-11-21-12-10-16/h1-8,16,21H,9-13H2,(H,22,23). The number of benzene rings is 2. The Morgan fingerprint density at radius 1 is 1.08 bits per heavy atom. The molecule has 0 unspecified atom stereocenters. The molecule has 4 nitrogen and oxygen atoms in total. The van der Waals surface area contributed by atoms with Crippen LogP contribution < -0.4 is 10.6 Å². The number of halogens is 1. The van der Waals surface area contributed by atoms with E-state index in [0.717, 1.165) is 43.0 Å². The van der Waals surface area contributed by atoms with Crippen molar-refractivity contribution in [1.82, 2.24) is 14.9 Å². The molecule has 2 heterocycles. The molecule has 5 heteroatoms. The summed E-state index contributed by atoms with van der Waals surface area (Å²) in [4.78, 5) is 4.78. The average Bonchev–Trinajstić information content (AvgIpc) is 3.00. The first-order valence-corrected chi connectivity index (χ1v) is 8.47. The van der Waals surface area contributed by atoms with Crippen molar-refractivity contribution in [3.05, 3.63) is 59.9 Å². The fourth-order valence-electron chi connectivity index (χ4n) is 3.39. The molecule has 2 aromatic carbocycles. The number of rotatable bonds is 4. The van der Waals surface area contributed by atoms with Gasteiger partial charge in [-0.25, -0.2) is 9.37 Å². The van der Waals surface area contributed by atoms with Crippen LogP contribution in [-0.4, -0.2) is 22.6 Å². The van der Waals surface area contributed by atoms with E-state index in [0.29, 0.717) is 12.6 Å². The Morgan fingerprint density at radius 3 is 2.62 bits per heavy atom. The number of piperidine rings is 1. The molecule has 0 atom stereocenters. The minimum Gasteiger partial charge on any atom is -0.352 e. The molecule has 0 spiro atoms. The molecule has 1 aromatic heterocycles. The molecule has 1 fully saturated rings. The topological polar surface area (TPSA) is 41.9 Å². The first-order chi connectivity index (χ1) is 11.8. The lowest BCUT2D eigenvalue weighted by molar-refractivity contribution is 0.377. The molecular weight excluding hydrogens is 303 g/mol. The lowest BCUT2D eigenvalue weighted by Crippen LogP contribution is -2.30. The Balaban J connectivity index is 1.64. The van der Waals surface area contributed by atoms with Crippen molar-refractivity contribution in [2.45, 2.75) is 25.4 Å². The molecule has 3 aromatic rings. The maximum Gasteiger partial charge on any atom is 0.204 e. The fourth-order valence-corrected chi connectivity index (χ4v) is 3.39. The third kappa shape index (κ3) is 2.99. The highest BCUT2D eigenvalue weighted by molar-refractivity contribution is 5.78. The highest BCUT2D eigenvalue weighted by Crippen LogP contribution is 2.29. The highest BCUT2D eigenvalue weighted by atomic mass is 19.1. The molecule has 0 amide bonds. The third-order valence-corrected chi connectivity index (χ3v) is 4.63. The second-order valence-electron chi connectivity index (χ2n) is 6.26. The number of hydrogen-bond donors (Lipinski definition) is 2. The largest absolute Gasteiger partial charge is 0.352 e. The Kier molecular flexibility index (Phi) is 4.17. The van der Waals surface area contributed by atoms with E-state index in [9.17, 15) is 4.39 Å². The quantitative estimate of drug-likeness (QED) is 0.769. The Bertz CT molecular complexity index is 819. The van der Waals surface area contributed by atoms with Gasteiger partial charge in [0.25, 0.3) is 0 Å². The molecule has 2 N–H and O–H groups in total. The SMILES string of the molecule is Fc1ccc(CNc2nc3ccccc3n2C2CCNCC2)cc1. The van der Waals surface area contributed by atoms with Gasteiger partial charge in [0.1, 0.15) is 5.82 Å². The number of hydrogen-bond acceptors (Lipinski definition) is 3.